The smallest absolute Gasteiger partial charge is 0.244 e. The van der Waals surface area contributed by atoms with Crippen molar-refractivity contribution in [2.24, 2.45) is 0 Å². The average Bonchev–Trinajstić information content (AvgIpc) is 2.35. The Labute approximate surface area is 99.3 Å². The number of aromatic hydroxyl groups is 1. The molecule has 0 radical (unpaired) electrons. The van der Waals surface area contributed by atoms with Gasteiger partial charge in [0.2, 0.25) is 5.91 Å². The molecule has 0 saturated heterocycles. The SMILES string of the molecule is COc1cc(/C=C/C(=O)NCCO)ccc1O. The molecule has 3 N–H and O–H groups in total. The molecule has 0 atom stereocenters. The zero-order valence-corrected chi connectivity index (χ0v) is 9.51. The molecule has 1 aromatic carbocycles. The van der Waals surface area contributed by atoms with E-state index in [-0.39, 0.29) is 24.8 Å². The van der Waals surface area contributed by atoms with Crippen LogP contribution in [0.15, 0.2) is 24.3 Å². The summed E-state index contributed by atoms with van der Waals surface area (Å²) in [5.41, 5.74) is 0.735. The summed E-state index contributed by atoms with van der Waals surface area (Å²) in [5.74, 6) is 0.114. The number of rotatable bonds is 5. The van der Waals surface area contributed by atoms with E-state index < -0.39 is 0 Å². The molecule has 0 aliphatic carbocycles. The van der Waals surface area contributed by atoms with Gasteiger partial charge in [-0.3, -0.25) is 4.79 Å². The number of phenols is 1. The predicted octanol–water partition coefficient (Wildman–Crippen LogP) is 0.522. The minimum absolute atomic E-state index is 0.0504. The van der Waals surface area contributed by atoms with Gasteiger partial charge in [0.25, 0.3) is 0 Å². The number of carbonyl (C=O) groups excluding carboxylic acids is 1. The van der Waals surface area contributed by atoms with Crippen molar-refractivity contribution in [1.29, 1.82) is 0 Å². The number of aliphatic hydroxyl groups excluding tert-OH is 1. The monoisotopic (exact) mass is 237 g/mol. The summed E-state index contributed by atoms with van der Waals surface area (Å²) in [4.78, 5) is 11.2. The molecule has 1 rings (SSSR count). The summed E-state index contributed by atoms with van der Waals surface area (Å²) >= 11 is 0. The molecule has 1 amide bonds. The van der Waals surface area contributed by atoms with Gasteiger partial charge in [0.05, 0.1) is 13.7 Å². The molecule has 5 nitrogen and oxygen atoms in total. The highest BCUT2D eigenvalue weighted by Gasteiger charge is 2.00. The minimum atomic E-state index is -0.286. The third-order valence-corrected chi connectivity index (χ3v) is 2.04. The van der Waals surface area contributed by atoms with E-state index in [0.717, 1.165) is 5.56 Å². The maximum absolute atomic E-state index is 11.2. The van der Waals surface area contributed by atoms with E-state index in [1.807, 2.05) is 0 Å². The van der Waals surface area contributed by atoms with Crippen molar-refractivity contribution < 1.29 is 19.7 Å². The lowest BCUT2D eigenvalue weighted by atomic mass is 10.2. The zero-order valence-electron chi connectivity index (χ0n) is 9.51. The fourth-order valence-electron chi connectivity index (χ4n) is 1.21. The largest absolute Gasteiger partial charge is 0.504 e. The maximum atomic E-state index is 11.2. The standard InChI is InChI=1S/C12H15NO4/c1-17-11-8-9(2-4-10(11)15)3-5-12(16)13-6-7-14/h2-5,8,14-15H,6-7H2,1H3,(H,13,16)/b5-3+. The average molecular weight is 237 g/mol. The molecule has 0 bridgehead atoms. The van der Waals surface area contributed by atoms with E-state index in [2.05, 4.69) is 5.32 Å². The van der Waals surface area contributed by atoms with Crippen molar-refractivity contribution in [3.05, 3.63) is 29.8 Å². The second kappa shape index (κ2) is 6.55. The number of hydrogen-bond acceptors (Lipinski definition) is 4. The molecule has 1 aromatic rings. The van der Waals surface area contributed by atoms with Crippen LogP contribution in [0.3, 0.4) is 0 Å². The fraction of sp³-hybridized carbons (Fsp3) is 0.250. The number of nitrogens with one attached hydrogen (secondary N) is 1. The van der Waals surface area contributed by atoms with E-state index in [9.17, 15) is 9.90 Å². The molecule has 92 valence electrons. The third kappa shape index (κ3) is 4.16. The van der Waals surface area contributed by atoms with Gasteiger partial charge in [0.15, 0.2) is 11.5 Å². The van der Waals surface area contributed by atoms with E-state index in [4.69, 9.17) is 9.84 Å². The van der Waals surface area contributed by atoms with Gasteiger partial charge in [-0.2, -0.15) is 0 Å². The van der Waals surface area contributed by atoms with Gasteiger partial charge in [-0.15, -0.1) is 0 Å². The number of carbonyl (C=O) groups is 1. The van der Waals surface area contributed by atoms with E-state index in [0.29, 0.717) is 5.75 Å². The summed E-state index contributed by atoms with van der Waals surface area (Å²) in [5, 5.41) is 20.4. The van der Waals surface area contributed by atoms with Crippen molar-refractivity contribution >= 4 is 12.0 Å². The predicted molar refractivity (Wildman–Crippen MR) is 63.8 cm³/mol. The normalized spacial score (nSPS) is 10.5. The van der Waals surface area contributed by atoms with Crippen LogP contribution in [0.5, 0.6) is 11.5 Å². The molecule has 0 saturated carbocycles. The van der Waals surface area contributed by atoms with Crippen LogP contribution >= 0.6 is 0 Å². The van der Waals surface area contributed by atoms with Crippen LogP contribution < -0.4 is 10.1 Å². The molecular weight excluding hydrogens is 222 g/mol. The summed E-state index contributed by atoms with van der Waals surface area (Å²) in [6.45, 7) is 0.134. The number of benzene rings is 1. The quantitative estimate of drug-likeness (QED) is 0.652. The summed E-state index contributed by atoms with van der Waals surface area (Å²) < 4.78 is 4.94. The summed E-state index contributed by atoms with van der Waals surface area (Å²) in [6, 6.07) is 4.77. The zero-order chi connectivity index (χ0) is 12.7. The van der Waals surface area contributed by atoms with Gasteiger partial charge in [0, 0.05) is 12.6 Å². The highest BCUT2D eigenvalue weighted by atomic mass is 16.5. The molecule has 0 aromatic heterocycles. The molecule has 0 aliphatic heterocycles. The first-order valence-electron chi connectivity index (χ1n) is 5.11. The van der Waals surface area contributed by atoms with Crippen LogP contribution in [0.1, 0.15) is 5.56 Å². The molecule has 0 unspecified atom stereocenters. The minimum Gasteiger partial charge on any atom is -0.504 e. The number of methoxy groups -OCH3 is 1. The maximum Gasteiger partial charge on any atom is 0.244 e. The molecule has 0 fully saturated rings. The Morgan fingerprint density at radius 1 is 1.53 bits per heavy atom. The number of hydrogen-bond donors (Lipinski definition) is 3. The number of ether oxygens (including phenoxy) is 1. The fourth-order valence-corrected chi connectivity index (χ4v) is 1.21. The van der Waals surface area contributed by atoms with Crippen LogP contribution in [0.25, 0.3) is 6.08 Å². The Balaban J connectivity index is 2.68. The lowest BCUT2D eigenvalue weighted by Crippen LogP contribution is -2.24. The molecule has 0 spiro atoms. The van der Waals surface area contributed by atoms with Crippen molar-refractivity contribution in [1.82, 2.24) is 5.32 Å². The summed E-state index contributed by atoms with van der Waals surface area (Å²) in [6.07, 6.45) is 2.94. The topological polar surface area (TPSA) is 78.8 Å². The second-order valence-electron chi connectivity index (χ2n) is 3.28. The van der Waals surface area contributed by atoms with E-state index >= 15 is 0 Å². The van der Waals surface area contributed by atoms with E-state index in [1.165, 1.54) is 19.3 Å². The highest BCUT2D eigenvalue weighted by molar-refractivity contribution is 5.91. The Morgan fingerprint density at radius 2 is 2.29 bits per heavy atom. The Kier molecular flexibility index (Phi) is 5.03. The number of phenolic OH excluding ortho intramolecular Hbond substituents is 1. The first kappa shape index (κ1) is 13.1. The Morgan fingerprint density at radius 3 is 2.94 bits per heavy atom. The number of amides is 1. The molecule has 0 aliphatic rings. The van der Waals surface area contributed by atoms with E-state index in [1.54, 1.807) is 18.2 Å². The van der Waals surface area contributed by atoms with Crippen molar-refractivity contribution in [3.63, 3.8) is 0 Å². The van der Waals surface area contributed by atoms with Crippen molar-refractivity contribution in [2.75, 3.05) is 20.3 Å². The van der Waals surface area contributed by atoms with Gasteiger partial charge in [-0.25, -0.2) is 0 Å². The number of aliphatic hydroxyl groups is 1. The van der Waals surface area contributed by atoms with Gasteiger partial charge < -0.3 is 20.3 Å². The van der Waals surface area contributed by atoms with Gasteiger partial charge in [-0.05, 0) is 23.8 Å². The molecule has 0 heterocycles. The molecule has 17 heavy (non-hydrogen) atoms. The van der Waals surface area contributed by atoms with Crippen molar-refractivity contribution in [2.45, 2.75) is 0 Å². The second-order valence-corrected chi connectivity index (χ2v) is 3.28. The lowest BCUT2D eigenvalue weighted by molar-refractivity contribution is -0.116. The molecule has 5 heteroatoms. The van der Waals surface area contributed by atoms with Crippen LogP contribution in [-0.2, 0) is 4.79 Å². The molecular formula is C12H15NO4. The van der Waals surface area contributed by atoms with Crippen molar-refractivity contribution in [3.8, 4) is 11.5 Å². The Hall–Kier alpha value is -2.01. The van der Waals surface area contributed by atoms with Gasteiger partial charge in [0.1, 0.15) is 0 Å². The van der Waals surface area contributed by atoms with Crippen LogP contribution in [0.4, 0.5) is 0 Å². The summed E-state index contributed by atoms with van der Waals surface area (Å²) in [7, 11) is 1.45. The first-order valence-corrected chi connectivity index (χ1v) is 5.11. The van der Waals surface area contributed by atoms with Gasteiger partial charge >= 0.3 is 0 Å². The highest BCUT2D eigenvalue weighted by Crippen LogP contribution is 2.26. The van der Waals surface area contributed by atoms with Crippen LogP contribution in [-0.4, -0.2) is 36.4 Å². The third-order valence-electron chi connectivity index (χ3n) is 2.04. The Bertz CT molecular complexity index is 415. The lowest BCUT2D eigenvalue weighted by Gasteiger charge is -2.03. The van der Waals surface area contributed by atoms with Crippen LogP contribution in [0.2, 0.25) is 0 Å². The van der Waals surface area contributed by atoms with Gasteiger partial charge in [-0.1, -0.05) is 6.07 Å². The first-order chi connectivity index (χ1) is 8.17. The van der Waals surface area contributed by atoms with Crippen LogP contribution in [0, 0.1) is 0 Å².